The molecule has 12 heteroatoms. The molecule has 0 bridgehead atoms. The van der Waals surface area contributed by atoms with Crippen LogP contribution in [0.2, 0.25) is 0 Å². The molecule has 0 saturated carbocycles. The van der Waals surface area contributed by atoms with E-state index >= 15 is 0 Å². The Morgan fingerprint density at radius 2 is 2.07 bits per heavy atom. The van der Waals surface area contributed by atoms with Gasteiger partial charge in [0.1, 0.15) is 0 Å². The summed E-state index contributed by atoms with van der Waals surface area (Å²) in [7, 11) is -4.54. The molecule has 3 rings (SSSR count). The van der Waals surface area contributed by atoms with Crippen LogP contribution in [0.4, 0.5) is 8.78 Å². The molecule has 0 amide bonds. The van der Waals surface area contributed by atoms with E-state index in [9.17, 15) is 18.1 Å². The van der Waals surface area contributed by atoms with Gasteiger partial charge in [0.25, 0.3) is 5.56 Å². The minimum Gasteiger partial charge on any atom is -0.376 e. The van der Waals surface area contributed by atoms with Gasteiger partial charge in [0.15, 0.2) is 11.2 Å². The van der Waals surface area contributed by atoms with E-state index in [4.69, 9.17) is 13.8 Å². The summed E-state index contributed by atoms with van der Waals surface area (Å²) in [5, 5.41) is 0. The molecule has 0 aliphatic carbocycles. The third-order valence-corrected chi connectivity index (χ3v) is 7.00. The van der Waals surface area contributed by atoms with E-state index < -0.39 is 25.6 Å². The smallest absolute Gasteiger partial charge is 0.376 e. The molecule has 3 heterocycles. The molecule has 0 aromatic carbocycles. The van der Waals surface area contributed by atoms with Crippen LogP contribution in [0.5, 0.6) is 0 Å². The SMILES string of the molecule is CCOP(=O)(OCC)C(F)(F)C[C@H]1CCO[C@@H](Cn2cnc3c(=O)[nH]cnc32)C1. The number of rotatable bonds is 9. The highest BCUT2D eigenvalue weighted by molar-refractivity contribution is 7.55. The van der Waals surface area contributed by atoms with E-state index in [2.05, 4.69) is 15.0 Å². The summed E-state index contributed by atoms with van der Waals surface area (Å²) in [6.07, 6.45) is 2.57. The molecular formula is C17H25F2N4O5P. The van der Waals surface area contributed by atoms with E-state index in [1.54, 1.807) is 4.57 Å². The maximum atomic E-state index is 14.8. The third-order valence-electron chi connectivity index (χ3n) is 4.82. The van der Waals surface area contributed by atoms with Gasteiger partial charge in [-0.15, -0.1) is 0 Å². The van der Waals surface area contributed by atoms with Gasteiger partial charge >= 0.3 is 13.3 Å². The molecule has 2 aromatic rings. The van der Waals surface area contributed by atoms with Gasteiger partial charge in [-0.3, -0.25) is 9.36 Å². The highest BCUT2D eigenvalue weighted by atomic mass is 31.2. The topological polar surface area (TPSA) is 108 Å². The van der Waals surface area contributed by atoms with Crippen molar-refractivity contribution in [3.05, 3.63) is 23.0 Å². The second kappa shape index (κ2) is 8.99. The Morgan fingerprint density at radius 1 is 1.34 bits per heavy atom. The fourth-order valence-corrected chi connectivity index (χ4v) is 5.16. The number of hydrogen-bond acceptors (Lipinski definition) is 7. The lowest BCUT2D eigenvalue weighted by molar-refractivity contribution is -0.0456. The molecule has 9 nitrogen and oxygen atoms in total. The fraction of sp³-hybridized carbons (Fsp3) is 0.706. The van der Waals surface area contributed by atoms with Crippen molar-refractivity contribution in [3.63, 3.8) is 0 Å². The number of aromatic amines is 1. The molecule has 2 atom stereocenters. The van der Waals surface area contributed by atoms with Crippen molar-refractivity contribution in [2.75, 3.05) is 19.8 Å². The van der Waals surface area contributed by atoms with Gasteiger partial charge in [-0.25, -0.2) is 9.97 Å². The number of ether oxygens (including phenoxy) is 1. The number of aromatic nitrogens is 4. The number of alkyl halides is 2. The first kappa shape index (κ1) is 22.0. The zero-order valence-electron chi connectivity index (χ0n) is 16.3. The Balaban J connectivity index is 1.69. The van der Waals surface area contributed by atoms with Crippen LogP contribution in [0.1, 0.15) is 33.1 Å². The van der Waals surface area contributed by atoms with Crippen molar-refractivity contribution in [1.82, 2.24) is 19.5 Å². The van der Waals surface area contributed by atoms with Crippen LogP contribution < -0.4 is 5.56 Å². The lowest BCUT2D eigenvalue weighted by Gasteiger charge is -2.33. The Hall–Kier alpha value is -1.68. The minimum atomic E-state index is -4.54. The molecule has 0 radical (unpaired) electrons. The maximum Gasteiger partial charge on any atom is 0.399 e. The van der Waals surface area contributed by atoms with Crippen LogP contribution in [0.3, 0.4) is 0 Å². The van der Waals surface area contributed by atoms with Gasteiger partial charge in [0, 0.05) is 13.0 Å². The van der Waals surface area contributed by atoms with E-state index in [0.717, 1.165) is 0 Å². The van der Waals surface area contributed by atoms with Crippen LogP contribution in [0.15, 0.2) is 17.4 Å². The second-order valence-electron chi connectivity index (χ2n) is 6.89. The average molecular weight is 434 g/mol. The number of hydrogen-bond donors (Lipinski definition) is 1. The summed E-state index contributed by atoms with van der Waals surface area (Å²) >= 11 is 0. The van der Waals surface area contributed by atoms with Crippen LogP contribution in [0.25, 0.3) is 11.2 Å². The van der Waals surface area contributed by atoms with Crippen LogP contribution >= 0.6 is 7.60 Å². The van der Waals surface area contributed by atoms with Crippen molar-refractivity contribution >= 4 is 18.8 Å². The van der Waals surface area contributed by atoms with E-state index in [0.29, 0.717) is 31.6 Å². The summed E-state index contributed by atoms with van der Waals surface area (Å²) in [5.41, 5.74) is -3.32. The monoisotopic (exact) mass is 434 g/mol. The van der Waals surface area contributed by atoms with Crippen molar-refractivity contribution in [2.24, 2.45) is 5.92 Å². The van der Waals surface area contributed by atoms with Gasteiger partial charge in [-0.1, -0.05) is 0 Å². The van der Waals surface area contributed by atoms with Gasteiger partial charge in [0.2, 0.25) is 0 Å². The Labute approximate surface area is 166 Å². The number of fused-ring (bicyclic) bond motifs is 1. The van der Waals surface area contributed by atoms with Gasteiger partial charge in [0.05, 0.1) is 38.5 Å². The lowest BCUT2D eigenvalue weighted by atomic mass is 9.92. The van der Waals surface area contributed by atoms with E-state index in [1.807, 2.05) is 0 Å². The fourth-order valence-electron chi connectivity index (χ4n) is 3.54. The number of imidazole rings is 1. The molecule has 2 aromatic heterocycles. The molecular weight excluding hydrogens is 409 g/mol. The molecule has 1 aliphatic heterocycles. The highest BCUT2D eigenvalue weighted by Gasteiger charge is 2.54. The van der Waals surface area contributed by atoms with Crippen LogP contribution in [0, 0.1) is 5.92 Å². The van der Waals surface area contributed by atoms with Crippen LogP contribution in [-0.2, 0) is 24.9 Å². The molecule has 1 fully saturated rings. The zero-order chi connectivity index (χ0) is 21.1. The summed E-state index contributed by atoms with van der Waals surface area (Å²) in [6, 6.07) is 0. The molecule has 0 spiro atoms. The molecule has 1 aliphatic rings. The average Bonchev–Trinajstić information content (AvgIpc) is 3.06. The summed E-state index contributed by atoms with van der Waals surface area (Å²) in [5.74, 6) is -0.413. The van der Waals surface area contributed by atoms with Gasteiger partial charge in [-0.05, 0) is 32.6 Å². The normalized spacial score (nSPS) is 21.0. The van der Waals surface area contributed by atoms with Crippen molar-refractivity contribution in [1.29, 1.82) is 0 Å². The largest absolute Gasteiger partial charge is 0.399 e. The van der Waals surface area contributed by atoms with E-state index in [1.165, 1.54) is 26.5 Å². The summed E-state index contributed by atoms with van der Waals surface area (Å²) in [4.78, 5) is 22.4. The first-order valence-corrected chi connectivity index (χ1v) is 11.1. The summed E-state index contributed by atoms with van der Waals surface area (Å²) < 4.78 is 59.2. The molecule has 1 N–H and O–H groups in total. The minimum absolute atomic E-state index is 0.122. The first-order chi connectivity index (χ1) is 13.8. The number of nitrogens with zero attached hydrogens (tertiary/aromatic N) is 3. The van der Waals surface area contributed by atoms with Crippen LogP contribution in [-0.4, -0.2) is 51.1 Å². The number of halogens is 2. The van der Waals surface area contributed by atoms with Crippen molar-refractivity contribution in [2.45, 2.75) is 51.4 Å². The number of H-pyrrole nitrogens is 1. The first-order valence-electron chi connectivity index (χ1n) is 9.56. The molecule has 0 unspecified atom stereocenters. The molecule has 162 valence electrons. The van der Waals surface area contributed by atoms with E-state index in [-0.39, 0.29) is 30.4 Å². The Kier molecular flexibility index (Phi) is 6.83. The highest BCUT2D eigenvalue weighted by Crippen LogP contribution is 2.64. The molecule has 29 heavy (non-hydrogen) atoms. The Bertz CT molecular complexity index is 924. The third kappa shape index (κ3) is 4.74. The zero-order valence-corrected chi connectivity index (χ0v) is 17.2. The second-order valence-corrected chi connectivity index (χ2v) is 9.05. The quantitative estimate of drug-likeness (QED) is 0.604. The Morgan fingerprint density at radius 3 is 2.76 bits per heavy atom. The summed E-state index contributed by atoms with van der Waals surface area (Å²) in [6.45, 7) is 3.39. The van der Waals surface area contributed by atoms with Crippen molar-refractivity contribution in [3.8, 4) is 0 Å². The maximum absolute atomic E-state index is 14.8. The van der Waals surface area contributed by atoms with Crippen molar-refractivity contribution < 1.29 is 27.1 Å². The molecule has 1 saturated heterocycles. The predicted octanol–water partition coefficient (Wildman–Crippen LogP) is 3.16. The van der Waals surface area contributed by atoms with Gasteiger partial charge < -0.3 is 23.3 Å². The number of nitrogens with one attached hydrogen (secondary N) is 1. The van der Waals surface area contributed by atoms with Gasteiger partial charge in [-0.2, -0.15) is 8.78 Å². The predicted molar refractivity (Wildman–Crippen MR) is 101 cm³/mol. The standard InChI is InChI=1S/C17H25F2N4O5P/c1-3-27-29(25,28-4-2)17(18,19)8-12-5-6-26-13(7-12)9-23-11-22-14-15(23)20-10-21-16(14)24/h10-13H,3-9H2,1-2H3,(H,20,21,24)/t12-,13+/m0/s1. The lowest BCUT2D eigenvalue weighted by Crippen LogP contribution is -2.33.